The van der Waals surface area contributed by atoms with Gasteiger partial charge in [-0.3, -0.25) is 10.1 Å². The monoisotopic (exact) mass is 283 g/mol. The molecule has 0 radical (unpaired) electrons. The number of nitro groups is 1. The van der Waals surface area contributed by atoms with E-state index >= 15 is 0 Å². The first-order valence-electron chi connectivity index (χ1n) is 6.36. The fourth-order valence-electron chi connectivity index (χ4n) is 2.06. The minimum absolute atomic E-state index is 0.129. The molecule has 1 aromatic carbocycles. The molecular formula is C15H22ClNO2. The van der Waals surface area contributed by atoms with Crippen LogP contribution in [0.2, 0.25) is 0 Å². The molecule has 0 heterocycles. The zero-order valence-electron chi connectivity index (χ0n) is 12.5. The van der Waals surface area contributed by atoms with Crippen molar-refractivity contribution in [1.82, 2.24) is 0 Å². The number of rotatable bonds is 2. The van der Waals surface area contributed by atoms with Crippen molar-refractivity contribution in [3.05, 3.63) is 38.9 Å². The van der Waals surface area contributed by atoms with Crippen LogP contribution >= 0.6 is 11.6 Å². The second-order valence-electron chi connectivity index (χ2n) is 6.91. The van der Waals surface area contributed by atoms with E-state index < -0.39 is 0 Å². The minimum Gasteiger partial charge on any atom is -0.258 e. The Balaban J connectivity index is 3.70. The van der Waals surface area contributed by atoms with Gasteiger partial charge in [-0.05, 0) is 22.0 Å². The van der Waals surface area contributed by atoms with Gasteiger partial charge in [0.25, 0.3) is 5.69 Å². The maximum Gasteiger partial charge on any atom is 0.274 e. The van der Waals surface area contributed by atoms with Crippen LogP contribution in [-0.2, 0) is 16.7 Å². The zero-order valence-corrected chi connectivity index (χ0v) is 13.3. The van der Waals surface area contributed by atoms with Gasteiger partial charge in [0.2, 0.25) is 0 Å². The molecule has 0 aromatic heterocycles. The van der Waals surface area contributed by atoms with Gasteiger partial charge in [-0.15, -0.1) is 11.6 Å². The Morgan fingerprint density at radius 3 is 1.95 bits per heavy atom. The molecule has 1 aromatic rings. The van der Waals surface area contributed by atoms with E-state index in [9.17, 15) is 10.1 Å². The summed E-state index contributed by atoms with van der Waals surface area (Å²) in [6.45, 7) is 12.3. The maximum absolute atomic E-state index is 11.3. The second-order valence-corrected chi connectivity index (χ2v) is 7.18. The molecule has 0 aliphatic carbocycles. The first kappa shape index (κ1) is 16.0. The number of nitrogens with zero attached hydrogens (tertiary/aromatic N) is 1. The van der Waals surface area contributed by atoms with Crippen molar-refractivity contribution in [2.75, 3.05) is 0 Å². The van der Waals surface area contributed by atoms with E-state index in [4.69, 9.17) is 11.6 Å². The fraction of sp³-hybridized carbons (Fsp3) is 0.600. The summed E-state index contributed by atoms with van der Waals surface area (Å²) in [4.78, 5) is 11.0. The average molecular weight is 284 g/mol. The van der Waals surface area contributed by atoms with Crippen molar-refractivity contribution in [3.8, 4) is 0 Å². The minimum atomic E-state index is -0.331. The molecule has 0 aliphatic heterocycles. The molecule has 0 atom stereocenters. The lowest BCUT2D eigenvalue weighted by molar-refractivity contribution is -0.385. The number of benzene rings is 1. The van der Waals surface area contributed by atoms with Gasteiger partial charge in [-0.2, -0.15) is 0 Å². The molecule has 0 unspecified atom stereocenters. The smallest absolute Gasteiger partial charge is 0.258 e. The lowest BCUT2D eigenvalue weighted by Gasteiger charge is -2.27. The Bertz CT molecular complexity index is 496. The summed E-state index contributed by atoms with van der Waals surface area (Å²) in [5.41, 5.74) is 2.39. The number of halogens is 1. The van der Waals surface area contributed by atoms with E-state index in [1.807, 2.05) is 0 Å². The highest BCUT2D eigenvalue weighted by atomic mass is 35.5. The van der Waals surface area contributed by atoms with Gasteiger partial charge in [-0.1, -0.05) is 47.6 Å². The molecule has 0 saturated carbocycles. The standard InChI is InChI=1S/C15H22ClNO2/c1-14(2,3)10-7-12(15(4,5)6)11(9-16)13(8-10)17(18)19/h7-8H,9H2,1-6H3. The molecule has 0 bridgehead atoms. The highest BCUT2D eigenvalue weighted by molar-refractivity contribution is 6.17. The van der Waals surface area contributed by atoms with Crippen LogP contribution in [0.3, 0.4) is 0 Å². The molecule has 106 valence electrons. The van der Waals surface area contributed by atoms with Crippen LogP contribution in [0.5, 0.6) is 0 Å². The van der Waals surface area contributed by atoms with Crippen LogP contribution in [0.15, 0.2) is 12.1 Å². The number of nitro benzene ring substituents is 1. The molecule has 3 nitrogen and oxygen atoms in total. The van der Waals surface area contributed by atoms with Gasteiger partial charge in [0.15, 0.2) is 0 Å². The van der Waals surface area contributed by atoms with E-state index in [-0.39, 0.29) is 27.3 Å². The van der Waals surface area contributed by atoms with Crippen LogP contribution in [-0.4, -0.2) is 4.92 Å². The van der Waals surface area contributed by atoms with Crippen LogP contribution < -0.4 is 0 Å². The summed E-state index contributed by atoms with van der Waals surface area (Å²) in [5.74, 6) is 0.160. The van der Waals surface area contributed by atoms with Gasteiger partial charge in [-0.25, -0.2) is 0 Å². The fourth-order valence-corrected chi connectivity index (χ4v) is 2.34. The number of alkyl halides is 1. The molecule has 0 spiro atoms. The third kappa shape index (κ3) is 3.47. The summed E-state index contributed by atoms with van der Waals surface area (Å²) in [6.07, 6.45) is 0. The van der Waals surface area contributed by atoms with E-state index in [1.54, 1.807) is 6.07 Å². The van der Waals surface area contributed by atoms with Gasteiger partial charge in [0, 0.05) is 11.6 Å². The average Bonchev–Trinajstić information content (AvgIpc) is 2.24. The first-order chi connectivity index (χ1) is 8.48. The number of hydrogen-bond donors (Lipinski definition) is 0. The van der Waals surface area contributed by atoms with E-state index in [0.717, 1.165) is 11.1 Å². The topological polar surface area (TPSA) is 43.1 Å². The second kappa shape index (κ2) is 5.12. The Morgan fingerprint density at radius 2 is 1.63 bits per heavy atom. The normalized spacial score (nSPS) is 12.6. The lowest BCUT2D eigenvalue weighted by atomic mass is 9.78. The third-order valence-corrected chi connectivity index (χ3v) is 3.50. The lowest BCUT2D eigenvalue weighted by Crippen LogP contribution is -2.19. The van der Waals surface area contributed by atoms with E-state index in [1.165, 1.54) is 0 Å². The van der Waals surface area contributed by atoms with Crippen molar-refractivity contribution in [3.63, 3.8) is 0 Å². The maximum atomic E-state index is 11.3. The summed E-state index contributed by atoms with van der Waals surface area (Å²) in [5, 5.41) is 11.3. The Morgan fingerprint density at radius 1 is 1.11 bits per heavy atom. The molecule has 4 heteroatoms. The Kier molecular flexibility index (Phi) is 4.30. The van der Waals surface area contributed by atoms with E-state index in [2.05, 4.69) is 47.6 Å². The summed E-state index contributed by atoms with van der Waals surface area (Å²) in [6, 6.07) is 3.72. The molecular weight excluding hydrogens is 262 g/mol. The van der Waals surface area contributed by atoms with Gasteiger partial charge in [0.05, 0.1) is 10.8 Å². The Labute approximate surface area is 120 Å². The molecule has 0 amide bonds. The first-order valence-corrected chi connectivity index (χ1v) is 6.90. The predicted octanol–water partition coefficient (Wildman–Crippen LogP) is 4.93. The highest BCUT2D eigenvalue weighted by Crippen LogP contribution is 2.37. The summed E-state index contributed by atoms with van der Waals surface area (Å²) >= 11 is 5.95. The number of hydrogen-bond acceptors (Lipinski definition) is 2. The predicted molar refractivity (Wildman–Crippen MR) is 80.1 cm³/mol. The van der Waals surface area contributed by atoms with Gasteiger partial charge in [0.1, 0.15) is 0 Å². The summed E-state index contributed by atoms with van der Waals surface area (Å²) < 4.78 is 0. The van der Waals surface area contributed by atoms with Gasteiger partial charge >= 0.3 is 0 Å². The molecule has 0 N–H and O–H groups in total. The molecule has 1 rings (SSSR count). The summed E-state index contributed by atoms with van der Waals surface area (Å²) in [7, 11) is 0. The molecule has 0 saturated heterocycles. The molecule has 19 heavy (non-hydrogen) atoms. The molecule has 0 fully saturated rings. The van der Waals surface area contributed by atoms with Gasteiger partial charge < -0.3 is 0 Å². The Hall–Kier alpha value is -1.09. The van der Waals surface area contributed by atoms with Crippen LogP contribution in [0, 0.1) is 10.1 Å². The van der Waals surface area contributed by atoms with Crippen molar-refractivity contribution in [1.29, 1.82) is 0 Å². The van der Waals surface area contributed by atoms with E-state index in [0.29, 0.717) is 5.56 Å². The third-order valence-electron chi connectivity index (χ3n) is 3.23. The van der Waals surface area contributed by atoms with Crippen LogP contribution in [0.25, 0.3) is 0 Å². The highest BCUT2D eigenvalue weighted by Gasteiger charge is 2.28. The SMILES string of the molecule is CC(C)(C)c1cc([N+](=O)[O-])c(CCl)c(C(C)(C)C)c1. The quantitative estimate of drug-likeness (QED) is 0.439. The zero-order chi connectivity index (χ0) is 15.0. The largest absolute Gasteiger partial charge is 0.274 e. The van der Waals surface area contributed by atoms with Crippen LogP contribution in [0.4, 0.5) is 5.69 Å². The van der Waals surface area contributed by atoms with Crippen molar-refractivity contribution >= 4 is 17.3 Å². The van der Waals surface area contributed by atoms with Crippen molar-refractivity contribution in [2.24, 2.45) is 0 Å². The molecule has 0 aliphatic rings. The van der Waals surface area contributed by atoms with Crippen LogP contribution in [0.1, 0.15) is 58.2 Å². The van der Waals surface area contributed by atoms with Crippen molar-refractivity contribution < 1.29 is 4.92 Å². The van der Waals surface area contributed by atoms with Crippen molar-refractivity contribution in [2.45, 2.75) is 58.3 Å².